The summed E-state index contributed by atoms with van der Waals surface area (Å²) in [4.78, 5) is 0. The monoisotopic (exact) mass is 255 g/mol. The van der Waals surface area contributed by atoms with Crippen LogP contribution in [-0.2, 0) is 13.1 Å². The van der Waals surface area contributed by atoms with Gasteiger partial charge in [-0.25, -0.2) is 0 Å². The van der Waals surface area contributed by atoms with E-state index in [9.17, 15) is 0 Å². The molecule has 1 aliphatic carbocycles. The standard InChI is InChI=1S/C16H21N3/c1-12-4-3-5-13(8-12)11-19-16(14-6-7-14)15(9-17-2)10-18-19/h3-5,8,10,14,17H,6-7,9,11H2,1-2H3. The van der Waals surface area contributed by atoms with E-state index in [1.165, 1.54) is 35.2 Å². The van der Waals surface area contributed by atoms with Crippen molar-refractivity contribution in [2.24, 2.45) is 0 Å². The first-order chi connectivity index (χ1) is 9.28. The fraction of sp³-hybridized carbons (Fsp3) is 0.438. The Morgan fingerprint density at radius 2 is 2.21 bits per heavy atom. The van der Waals surface area contributed by atoms with Crippen molar-refractivity contribution in [2.75, 3.05) is 7.05 Å². The fourth-order valence-corrected chi connectivity index (χ4v) is 2.70. The molecule has 0 radical (unpaired) electrons. The van der Waals surface area contributed by atoms with Crippen LogP contribution in [0.4, 0.5) is 0 Å². The van der Waals surface area contributed by atoms with Gasteiger partial charge in [0.2, 0.25) is 0 Å². The minimum atomic E-state index is 0.732. The summed E-state index contributed by atoms with van der Waals surface area (Å²) >= 11 is 0. The van der Waals surface area contributed by atoms with E-state index < -0.39 is 0 Å². The van der Waals surface area contributed by atoms with Crippen molar-refractivity contribution >= 4 is 0 Å². The lowest BCUT2D eigenvalue weighted by atomic mass is 10.1. The average molecular weight is 255 g/mol. The van der Waals surface area contributed by atoms with Crippen molar-refractivity contribution in [1.29, 1.82) is 0 Å². The molecular weight excluding hydrogens is 234 g/mol. The lowest BCUT2D eigenvalue weighted by molar-refractivity contribution is 0.641. The SMILES string of the molecule is CNCc1cnn(Cc2cccc(C)c2)c1C1CC1. The van der Waals surface area contributed by atoms with Gasteiger partial charge in [0.25, 0.3) is 0 Å². The molecule has 3 rings (SSSR count). The van der Waals surface area contributed by atoms with E-state index in [-0.39, 0.29) is 0 Å². The number of benzene rings is 1. The summed E-state index contributed by atoms with van der Waals surface area (Å²) in [6.45, 7) is 3.94. The molecule has 0 amide bonds. The number of aromatic nitrogens is 2. The van der Waals surface area contributed by atoms with Crippen LogP contribution >= 0.6 is 0 Å². The first-order valence-electron chi connectivity index (χ1n) is 7.02. The molecule has 0 bridgehead atoms. The normalized spacial score (nSPS) is 14.8. The van der Waals surface area contributed by atoms with E-state index in [2.05, 4.69) is 46.3 Å². The predicted octanol–water partition coefficient (Wildman–Crippen LogP) is 2.84. The van der Waals surface area contributed by atoms with Crippen LogP contribution in [0.5, 0.6) is 0 Å². The maximum atomic E-state index is 4.60. The van der Waals surface area contributed by atoms with Gasteiger partial charge in [0.15, 0.2) is 0 Å². The first kappa shape index (κ1) is 12.4. The number of hydrogen-bond acceptors (Lipinski definition) is 2. The third kappa shape index (κ3) is 2.71. The molecule has 0 aliphatic heterocycles. The minimum absolute atomic E-state index is 0.732. The van der Waals surface area contributed by atoms with Crippen molar-refractivity contribution < 1.29 is 0 Å². The van der Waals surface area contributed by atoms with Crippen molar-refractivity contribution in [3.05, 3.63) is 52.8 Å². The van der Waals surface area contributed by atoms with Gasteiger partial charge in [-0.1, -0.05) is 29.8 Å². The Balaban J connectivity index is 1.88. The molecule has 1 aromatic carbocycles. The van der Waals surface area contributed by atoms with Gasteiger partial charge in [-0.3, -0.25) is 4.68 Å². The first-order valence-corrected chi connectivity index (χ1v) is 7.02. The zero-order valence-electron chi connectivity index (χ0n) is 11.7. The maximum Gasteiger partial charge on any atom is 0.0662 e. The molecule has 1 fully saturated rings. The highest BCUT2D eigenvalue weighted by atomic mass is 15.3. The minimum Gasteiger partial charge on any atom is -0.316 e. The van der Waals surface area contributed by atoms with Crippen LogP contribution in [0, 0.1) is 6.92 Å². The van der Waals surface area contributed by atoms with Gasteiger partial charge in [0, 0.05) is 23.7 Å². The Kier molecular flexibility index (Phi) is 3.38. The second-order valence-corrected chi connectivity index (χ2v) is 5.51. The van der Waals surface area contributed by atoms with Crippen molar-refractivity contribution in [3.63, 3.8) is 0 Å². The largest absolute Gasteiger partial charge is 0.316 e. The third-order valence-corrected chi connectivity index (χ3v) is 3.71. The topological polar surface area (TPSA) is 29.9 Å². The number of rotatable bonds is 5. The van der Waals surface area contributed by atoms with Gasteiger partial charge < -0.3 is 5.32 Å². The highest BCUT2D eigenvalue weighted by Gasteiger charge is 2.29. The number of nitrogens with one attached hydrogen (secondary N) is 1. The highest BCUT2D eigenvalue weighted by Crippen LogP contribution is 2.41. The Morgan fingerprint density at radius 3 is 2.89 bits per heavy atom. The second kappa shape index (κ2) is 5.17. The molecule has 19 heavy (non-hydrogen) atoms. The van der Waals surface area contributed by atoms with Gasteiger partial charge >= 0.3 is 0 Å². The van der Waals surface area contributed by atoms with Crippen LogP contribution in [0.1, 0.15) is 41.1 Å². The summed E-state index contributed by atoms with van der Waals surface area (Å²) < 4.78 is 2.19. The lowest BCUT2D eigenvalue weighted by Crippen LogP contribution is -2.10. The molecule has 0 saturated heterocycles. The molecule has 1 heterocycles. The molecule has 1 N–H and O–H groups in total. The van der Waals surface area contributed by atoms with Crippen molar-refractivity contribution in [2.45, 2.75) is 38.8 Å². The van der Waals surface area contributed by atoms with E-state index in [0.29, 0.717) is 0 Å². The van der Waals surface area contributed by atoms with E-state index in [0.717, 1.165) is 19.0 Å². The Bertz CT molecular complexity index is 567. The summed E-state index contributed by atoms with van der Waals surface area (Å²) in [7, 11) is 1.99. The van der Waals surface area contributed by atoms with Crippen LogP contribution in [0.3, 0.4) is 0 Å². The molecular formula is C16H21N3. The van der Waals surface area contributed by atoms with Gasteiger partial charge in [-0.15, -0.1) is 0 Å². The second-order valence-electron chi connectivity index (χ2n) is 5.51. The van der Waals surface area contributed by atoms with Gasteiger partial charge in [-0.2, -0.15) is 5.10 Å². The Hall–Kier alpha value is -1.61. The van der Waals surface area contributed by atoms with Crippen LogP contribution in [-0.4, -0.2) is 16.8 Å². The average Bonchev–Trinajstić information content (AvgIpc) is 3.14. The third-order valence-electron chi connectivity index (χ3n) is 3.71. The van der Waals surface area contributed by atoms with E-state index in [1.54, 1.807) is 0 Å². The zero-order valence-corrected chi connectivity index (χ0v) is 11.7. The van der Waals surface area contributed by atoms with Gasteiger partial charge in [0.1, 0.15) is 0 Å². The molecule has 3 nitrogen and oxygen atoms in total. The molecule has 1 aromatic heterocycles. The fourth-order valence-electron chi connectivity index (χ4n) is 2.70. The summed E-state index contributed by atoms with van der Waals surface area (Å²) in [6.07, 6.45) is 4.66. The predicted molar refractivity (Wildman–Crippen MR) is 77.2 cm³/mol. The molecule has 100 valence electrons. The van der Waals surface area contributed by atoms with Gasteiger partial charge in [0.05, 0.1) is 12.7 Å². The van der Waals surface area contributed by atoms with Crippen molar-refractivity contribution in [1.82, 2.24) is 15.1 Å². The summed E-state index contributed by atoms with van der Waals surface area (Å²) in [5.74, 6) is 0.732. The zero-order chi connectivity index (χ0) is 13.2. The molecule has 0 unspecified atom stereocenters. The molecule has 0 spiro atoms. The molecule has 1 aliphatic rings. The molecule has 3 heteroatoms. The lowest BCUT2D eigenvalue weighted by Gasteiger charge is -2.09. The highest BCUT2D eigenvalue weighted by molar-refractivity contribution is 5.28. The summed E-state index contributed by atoms with van der Waals surface area (Å²) in [6, 6.07) is 8.69. The Labute approximate surface area is 114 Å². The quantitative estimate of drug-likeness (QED) is 0.890. The van der Waals surface area contributed by atoms with Crippen LogP contribution in [0.15, 0.2) is 30.5 Å². The van der Waals surface area contributed by atoms with Gasteiger partial charge in [-0.05, 0) is 32.4 Å². The van der Waals surface area contributed by atoms with E-state index in [4.69, 9.17) is 0 Å². The summed E-state index contributed by atoms with van der Waals surface area (Å²) in [5, 5.41) is 7.84. The van der Waals surface area contributed by atoms with Crippen LogP contribution in [0.25, 0.3) is 0 Å². The molecule has 2 aromatic rings. The molecule has 1 saturated carbocycles. The van der Waals surface area contributed by atoms with Crippen LogP contribution in [0.2, 0.25) is 0 Å². The Morgan fingerprint density at radius 1 is 1.37 bits per heavy atom. The van der Waals surface area contributed by atoms with Crippen molar-refractivity contribution in [3.8, 4) is 0 Å². The maximum absolute atomic E-state index is 4.60. The van der Waals surface area contributed by atoms with Crippen LogP contribution < -0.4 is 5.32 Å². The number of aryl methyl sites for hydroxylation is 1. The smallest absolute Gasteiger partial charge is 0.0662 e. The molecule has 0 atom stereocenters. The summed E-state index contributed by atoms with van der Waals surface area (Å²) in [5.41, 5.74) is 5.45. The van der Waals surface area contributed by atoms with E-state index >= 15 is 0 Å². The van der Waals surface area contributed by atoms with E-state index in [1.807, 2.05) is 13.2 Å². The number of hydrogen-bond donors (Lipinski definition) is 1. The number of nitrogens with zero attached hydrogens (tertiary/aromatic N) is 2.